The van der Waals surface area contributed by atoms with Crippen molar-refractivity contribution >= 4 is 0 Å². The molecule has 1 aliphatic rings. The second-order valence-electron chi connectivity index (χ2n) is 4.84. The highest BCUT2D eigenvalue weighted by molar-refractivity contribution is 5.00. The number of nitrogens with one attached hydrogen (secondary N) is 1. The first-order valence-electron chi connectivity index (χ1n) is 5.82. The van der Waals surface area contributed by atoms with Crippen LogP contribution >= 0.6 is 0 Å². The maximum absolute atomic E-state index is 8.72. The Labute approximate surface area is 96.3 Å². The van der Waals surface area contributed by atoms with Crippen LogP contribution in [-0.4, -0.2) is 22.4 Å². The first-order chi connectivity index (χ1) is 7.74. The molecule has 1 saturated carbocycles. The Morgan fingerprint density at radius 1 is 1.62 bits per heavy atom. The van der Waals surface area contributed by atoms with E-state index in [1.807, 2.05) is 16.9 Å². The Hall–Kier alpha value is -1.34. The summed E-state index contributed by atoms with van der Waals surface area (Å²) < 4.78 is 1.93. The topological polar surface area (TPSA) is 53.6 Å². The molecule has 1 fully saturated rings. The third-order valence-corrected chi connectivity index (χ3v) is 3.26. The Morgan fingerprint density at radius 2 is 2.44 bits per heavy atom. The van der Waals surface area contributed by atoms with Crippen LogP contribution in [0.3, 0.4) is 0 Å². The summed E-state index contributed by atoms with van der Waals surface area (Å²) in [6, 6.07) is 4.62. The highest BCUT2D eigenvalue weighted by Crippen LogP contribution is 2.47. The molecule has 1 atom stereocenters. The monoisotopic (exact) mass is 218 g/mol. The van der Waals surface area contributed by atoms with Gasteiger partial charge in [0.15, 0.2) is 0 Å². The molecule has 1 unspecified atom stereocenters. The van der Waals surface area contributed by atoms with Crippen molar-refractivity contribution in [2.24, 2.45) is 5.41 Å². The predicted octanol–water partition coefficient (Wildman–Crippen LogP) is 1.56. The van der Waals surface area contributed by atoms with E-state index in [9.17, 15) is 0 Å². The largest absolute Gasteiger partial charge is 0.312 e. The van der Waals surface area contributed by atoms with Crippen LogP contribution in [0.2, 0.25) is 0 Å². The van der Waals surface area contributed by atoms with E-state index in [0.717, 1.165) is 13.1 Å². The van der Waals surface area contributed by atoms with Crippen molar-refractivity contribution in [2.75, 3.05) is 6.54 Å². The molecule has 0 amide bonds. The van der Waals surface area contributed by atoms with Crippen LogP contribution in [0.4, 0.5) is 0 Å². The summed E-state index contributed by atoms with van der Waals surface area (Å²) >= 11 is 0. The lowest BCUT2D eigenvalue weighted by Crippen LogP contribution is -2.35. The molecule has 4 nitrogen and oxygen atoms in total. The van der Waals surface area contributed by atoms with Crippen LogP contribution in [0.5, 0.6) is 0 Å². The molecule has 0 spiro atoms. The molecule has 0 aromatic carbocycles. The highest BCUT2D eigenvalue weighted by Gasteiger charge is 2.42. The number of aromatic nitrogens is 2. The second kappa shape index (κ2) is 4.67. The van der Waals surface area contributed by atoms with Gasteiger partial charge in [-0.3, -0.25) is 4.68 Å². The van der Waals surface area contributed by atoms with Gasteiger partial charge in [0.1, 0.15) is 0 Å². The lowest BCUT2D eigenvalue weighted by molar-refractivity contribution is 0.390. The summed E-state index contributed by atoms with van der Waals surface area (Å²) in [6.45, 7) is 4.00. The van der Waals surface area contributed by atoms with Crippen LogP contribution in [0.15, 0.2) is 18.5 Å². The summed E-state index contributed by atoms with van der Waals surface area (Å²) in [4.78, 5) is 0. The van der Waals surface area contributed by atoms with Gasteiger partial charge < -0.3 is 5.32 Å². The normalized spacial score (nSPS) is 19.0. The van der Waals surface area contributed by atoms with E-state index in [0.29, 0.717) is 12.5 Å². The number of rotatable bonds is 6. The summed E-state index contributed by atoms with van der Waals surface area (Å²) in [5.74, 6) is 0. The quantitative estimate of drug-likeness (QED) is 0.788. The molecule has 1 heterocycles. The summed E-state index contributed by atoms with van der Waals surface area (Å²) in [5.41, 5.74) is 0.285. The predicted molar refractivity (Wildman–Crippen MR) is 61.6 cm³/mol. The average Bonchev–Trinajstić information content (AvgIpc) is 2.83. The Kier molecular flexibility index (Phi) is 3.25. The fourth-order valence-corrected chi connectivity index (χ4v) is 1.90. The number of hydrogen-bond donors (Lipinski definition) is 1. The van der Waals surface area contributed by atoms with Gasteiger partial charge in [0.05, 0.1) is 12.6 Å². The van der Waals surface area contributed by atoms with Crippen LogP contribution in [-0.2, 0) is 6.54 Å². The van der Waals surface area contributed by atoms with Crippen molar-refractivity contribution in [2.45, 2.75) is 38.8 Å². The second-order valence-corrected chi connectivity index (χ2v) is 4.84. The van der Waals surface area contributed by atoms with Gasteiger partial charge in [-0.05, 0) is 31.2 Å². The van der Waals surface area contributed by atoms with Crippen molar-refractivity contribution in [1.29, 1.82) is 5.26 Å². The number of nitriles is 1. The molecular formula is C12H18N4. The van der Waals surface area contributed by atoms with E-state index in [1.54, 1.807) is 6.20 Å². The van der Waals surface area contributed by atoms with Crippen LogP contribution in [0.25, 0.3) is 0 Å². The molecule has 0 saturated heterocycles. The SMILES string of the molecule is CC(Cn1cccn1)NCC1(CC#N)CC1. The zero-order chi connectivity index (χ0) is 11.4. The number of nitrogens with zero attached hydrogens (tertiary/aromatic N) is 3. The van der Waals surface area contributed by atoms with E-state index in [2.05, 4.69) is 23.4 Å². The summed E-state index contributed by atoms with van der Waals surface area (Å²) in [6.07, 6.45) is 6.85. The van der Waals surface area contributed by atoms with E-state index < -0.39 is 0 Å². The minimum Gasteiger partial charge on any atom is -0.312 e. The van der Waals surface area contributed by atoms with Gasteiger partial charge in [0.2, 0.25) is 0 Å². The fraction of sp³-hybridized carbons (Fsp3) is 0.667. The van der Waals surface area contributed by atoms with Crippen molar-refractivity contribution < 1.29 is 0 Å². The number of hydrogen-bond acceptors (Lipinski definition) is 3. The molecule has 1 aromatic heterocycles. The third-order valence-electron chi connectivity index (χ3n) is 3.26. The minimum absolute atomic E-state index is 0.285. The first kappa shape index (κ1) is 11.2. The first-order valence-corrected chi connectivity index (χ1v) is 5.82. The molecule has 2 rings (SSSR count). The standard InChI is InChI=1S/C12H18N4/c1-11(9-16-8-2-7-15-16)14-10-12(3-4-12)5-6-13/h2,7-8,11,14H,3-5,9-10H2,1H3. The van der Waals surface area contributed by atoms with E-state index >= 15 is 0 Å². The lowest BCUT2D eigenvalue weighted by atomic mass is 10.0. The molecule has 4 heteroatoms. The molecule has 1 N–H and O–H groups in total. The molecule has 0 radical (unpaired) electrons. The third kappa shape index (κ3) is 2.83. The van der Waals surface area contributed by atoms with Crippen molar-refractivity contribution in [1.82, 2.24) is 15.1 Å². The maximum Gasteiger partial charge on any atom is 0.0628 e. The zero-order valence-corrected chi connectivity index (χ0v) is 9.69. The zero-order valence-electron chi connectivity index (χ0n) is 9.69. The Morgan fingerprint density at radius 3 is 3.00 bits per heavy atom. The van der Waals surface area contributed by atoms with Crippen molar-refractivity contribution in [3.8, 4) is 6.07 Å². The minimum atomic E-state index is 0.285. The van der Waals surface area contributed by atoms with Gasteiger partial charge in [-0.2, -0.15) is 10.4 Å². The van der Waals surface area contributed by atoms with Gasteiger partial charge in [-0.15, -0.1) is 0 Å². The van der Waals surface area contributed by atoms with Gasteiger partial charge in [-0.25, -0.2) is 0 Å². The van der Waals surface area contributed by atoms with E-state index in [1.165, 1.54) is 12.8 Å². The van der Waals surface area contributed by atoms with Gasteiger partial charge in [0.25, 0.3) is 0 Å². The van der Waals surface area contributed by atoms with Gasteiger partial charge >= 0.3 is 0 Å². The molecule has 1 aliphatic carbocycles. The molecule has 1 aromatic rings. The highest BCUT2D eigenvalue weighted by atomic mass is 15.3. The Bertz CT molecular complexity index is 359. The Balaban J connectivity index is 1.72. The average molecular weight is 218 g/mol. The maximum atomic E-state index is 8.72. The van der Waals surface area contributed by atoms with Gasteiger partial charge in [0, 0.05) is 31.4 Å². The van der Waals surface area contributed by atoms with Crippen LogP contribution in [0.1, 0.15) is 26.2 Å². The lowest BCUT2D eigenvalue weighted by Gasteiger charge is -2.18. The summed E-state index contributed by atoms with van der Waals surface area (Å²) in [7, 11) is 0. The summed E-state index contributed by atoms with van der Waals surface area (Å²) in [5, 5.41) is 16.4. The molecular weight excluding hydrogens is 200 g/mol. The smallest absolute Gasteiger partial charge is 0.0628 e. The van der Waals surface area contributed by atoms with E-state index in [4.69, 9.17) is 5.26 Å². The van der Waals surface area contributed by atoms with E-state index in [-0.39, 0.29) is 5.41 Å². The van der Waals surface area contributed by atoms with Crippen molar-refractivity contribution in [3.05, 3.63) is 18.5 Å². The fourth-order valence-electron chi connectivity index (χ4n) is 1.90. The molecule has 0 bridgehead atoms. The van der Waals surface area contributed by atoms with Crippen LogP contribution in [0, 0.1) is 16.7 Å². The molecule has 0 aliphatic heterocycles. The van der Waals surface area contributed by atoms with Crippen molar-refractivity contribution in [3.63, 3.8) is 0 Å². The molecule has 16 heavy (non-hydrogen) atoms. The van der Waals surface area contributed by atoms with Gasteiger partial charge in [-0.1, -0.05) is 0 Å². The molecule has 86 valence electrons. The van der Waals surface area contributed by atoms with Crippen LogP contribution < -0.4 is 5.32 Å².